The zero-order valence-corrected chi connectivity index (χ0v) is 11.4. The molecule has 1 heterocycles. The third-order valence-corrected chi connectivity index (χ3v) is 2.64. The predicted molar refractivity (Wildman–Crippen MR) is 77.9 cm³/mol. The fourth-order valence-corrected chi connectivity index (χ4v) is 1.69. The van der Waals surface area contributed by atoms with Crippen LogP contribution in [-0.4, -0.2) is 16.8 Å². The minimum Gasteiger partial charge on any atom is -0.326 e. The summed E-state index contributed by atoms with van der Waals surface area (Å²) in [6, 6.07) is 9.88. The fraction of sp³-hybridized carbons (Fsp3) is 0.0714. The Morgan fingerprint density at radius 1 is 1.15 bits per heavy atom. The van der Waals surface area contributed by atoms with Gasteiger partial charge in [-0.1, -0.05) is 17.7 Å². The van der Waals surface area contributed by atoms with Gasteiger partial charge in [0.1, 0.15) is 5.82 Å². The SMILES string of the molecule is CC(=O)Nc1cccc(C(=O)Nc2ccc(Cl)cn2)c1. The van der Waals surface area contributed by atoms with Crippen molar-refractivity contribution in [3.05, 3.63) is 53.2 Å². The number of benzene rings is 1. The molecule has 5 nitrogen and oxygen atoms in total. The molecular weight excluding hydrogens is 278 g/mol. The lowest BCUT2D eigenvalue weighted by atomic mass is 10.2. The van der Waals surface area contributed by atoms with Crippen LogP contribution in [0.1, 0.15) is 17.3 Å². The van der Waals surface area contributed by atoms with Crippen LogP contribution >= 0.6 is 11.6 Å². The van der Waals surface area contributed by atoms with Crippen LogP contribution in [0.3, 0.4) is 0 Å². The summed E-state index contributed by atoms with van der Waals surface area (Å²) in [4.78, 5) is 27.0. The van der Waals surface area contributed by atoms with Crippen molar-refractivity contribution in [1.82, 2.24) is 4.98 Å². The molecule has 0 unspecified atom stereocenters. The van der Waals surface area contributed by atoms with Crippen molar-refractivity contribution in [3.63, 3.8) is 0 Å². The molecule has 0 fully saturated rings. The molecule has 1 aromatic heterocycles. The van der Waals surface area contributed by atoms with Gasteiger partial charge in [0.2, 0.25) is 5.91 Å². The summed E-state index contributed by atoms with van der Waals surface area (Å²) in [6.07, 6.45) is 1.45. The number of amides is 2. The van der Waals surface area contributed by atoms with E-state index < -0.39 is 0 Å². The summed E-state index contributed by atoms with van der Waals surface area (Å²) < 4.78 is 0. The van der Waals surface area contributed by atoms with Crippen molar-refractivity contribution < 1.29 is 9.59 Å². The first-order valence-corrected chi connectivity index (χ1v) is 6.23. The number of hydrogen-bond acceptors (Lipinski definition) is 3. The van der Waals surface area contributed by atoms with Crippen molar-refractivity contribution in [2.24, 2.45) is 0 Å². The Bertz CT molecular complexity index is 641. The standard InChI is InChI=1S/C14H12ClN3O2/c1-9(19)17-12-4-2-3-10(7-12)14(20)18-13-6-5-11(15)8-16-13/h2-8H,1H3,(H,17,19)(H,16,18,20). The van der Waals surface area contributed by atoms with Crippen LogP contribution in [0.4, 0.5) is 11.5 Å². The van der Waals surface area contributed by atoms with E-state index in [4.69, 9.17) is 11.6 Å². The number of hydrogen-bond donors (Lipinski definition) is 2. The Morgan fingerprint density at radius 3 is 2.60 bits per heavy atom. The highest BCUT2D eigenvalue weighted by Gasteiger charge is 2.08. The van der Waals surface area contributed by atoms with Crippen LogP contribution in [0.5, 0.6) is 0 Å². The van der Waals surface area contributed by atoms with Gasteiger partial charge in [0.05, 0.1) is 5.02 Å². The van der Waals surface area contributed by atoms with Crippen molar-refractivity contribution in [3.8, 4) is 0 Å². The van der Waals surface area contributed by atoms with Crippen LogP contribution in [0.25, 0.3) is 0 Å². The zero-order valence-electron chi connectivity index (χ0n) is 10.7. The number of carbonyl (C=O) groups excluding carboxylic acids is 2. The molecule has 0 spiro atoms. The number of halogens is 1. The highest BCUT2D eigenvalue weighted by Crippen LogP contribution is 2.14. The molecule has 0 radical (unpaired) electrons. The number of nitrogens with one attached hydrogen (secondary N) is 2. The van der Waals surface area contributed by atoms with Gasteiger partial charge in [-0.15, -0.1) is 0 Å². The molecule has 0 aliphatic rings. The molecule has 2 aromatic rings. The average molecular weight is 290 g/mol. The van der Waals surface area contributed by atoms with E-state index in [-0.39, 0.29) is 11.8 Å². The maximum absolute atomic E-state index is 12.0. The molecule has 0 atom stereocenters. The first kappa shape index (κ1) is 14.0. The van der Waals surface area contributed by atoms with Gasteiger partial charge in [-0.25, -0.2) is 4.98 Å². The molecular formula is C14H12ClN3O2. The zero-order chi connectivity index (χ0) is 14.5. The Balaban J connectivity index is 2.12. The second kappa shape index (κ2) is 6.16. The lowest BCUT2D eigenvalue weighted by Crippen LogP contribution is -2.13. The molecule has 0 aliphatic heterocycles. The van der Waals surface area contributed by atoms with Gasteiger partial charge in [-0.05, 0) is 30.3 Å². The molecule has 2 rings (SSSR count). The van der Waals surface area contributed by atoms with E-state index >= 15 is 0 Å². The number of pyridine rings is 1. The van der Waals surface area contributed by atoms with E-state index in [2.05, 4.69) is 15.6 Å². The normalized spacial score (nSPS) is 9.90. The summed E-state index contributed by atoms with van der Waals surface area (Å²) in [5, 5.41) is 5.76. The van der Waals surface area contributed by atoms with E-state index in [0.29, 0.717) is 22.1 Å². The Morgan fingerprint density at radius 2 is 1.95 bits per heavy atom. The summed E-state index contributed by atoms with van der Waals surface area (Å²) in [5.41, 5.74) is 0.988. The van der Waals surface area contributed by atoms with Crippen LogP contribution in [0, 0.1) is 0 Å². The molecule has 0 saturated heterocycles. The molecule has 102 valence electrons. The van der Waals surface area contributed by atoms with Crippen molar-refractivity contribution in [2.45, 2.75) is 6.92 Å². The number of carbonyl (C=O) groups is 2. The molecule has 2 N–H and O–H groups in total. The summed E-state index contributed by atoms with van der Waals surface area (Å²) in [7, 11) is 0. The van der Waals surface area contributed by atoms with E-state index in [1.54, 1.807) is 36.4 Å². The Labute approximate surface area is 121 Å². The highest BCUT2D eigenvalue weighted by molar-refractivity contribution is 6.30. The maximum atomic E-state index is 12.0. The van der Waals surface area contributed by atoms with Gasteiger partial charge in [-0.3, -0.25) is 9.59 Å². The number of aromatic nitrogens is 1. The largest absolute Gasteiger partial charge is 0.326 e. The van der Waals surface area contributed by atoms with Gasteiger partial charge < -0.3 is 10.6 Å². The Hall–Kier alpha value is -2.40. The monoisotopic (exact) mass is 289 g/mol. The minimum absolute atomic E-state index is 0.193. The quantitative estimate of drug-likeness (QED) is 0.912. The second-order valence-electron chi connectivity index (χ2n) is 4.08. The molecule has 0 saturated carbocycles. The lowest BCUT2D eigenvalue weighted by Gasteiger charge is -2.06. The van der Waals surface area contributed by atoms with Crippen molar-refractivity contribution >= 4 is 34.9 Å². The van der Waals surface area contributed by atoms with Crippen molar-refractivity contribution in [1.29, 1.82) is 0 Å². The third kappa shape index (κ3) is 3.80. The third-order valence-electron chi connectivity index (χ3n) is 2.41. The van der Waals surface area contributed by atoms with Crippen LogP contribution < -0.4 is 10.6 Å². The summed E-state index contributed by atoms with van der Waals surface area (Å²) in [5.74, 6) is -0.0988. The molecule has 0 aliphatic carbocycles. The molecule has 0 bridgehead atoms. The second-order valence-corrected chi connectivity index (χ2v) is 4.51. The summed E-state index contributed by atoms with van der Waals surface area (Å²) >= 11 is 5.72. The van der Waals surface area contributed by atoms with Gasteiger partial charge in [0.25, 0.3) is 5.91 Å². The molecule has 6 heteroatoms. The number of nitrogens with zero attached hydrogens (tertiary/aromatic N) is 1. The van der Waals surface area contributed by atoms with Gasteiger partial charge in [-0.2, -0.15) is 0 Å². The first-order valence-electron chi connectivity index (χ1n) is 5.85. The maximum Gasteiger partial charge on any atom is 0.256 e. The average Bonchev–Trinajstić information content (AvgIpc) is 2.41. The van der Waals surface area contributed by atoms with Gasteiger partial charge >= 0.3 is 0 Å². The van der Waals surface area contributed by atoms with Crippen LogP contribution in [0.15, 0.2) is 42.6 Å². The van der Waals surface area contributed by atoms with E-state index in [1.165, 1.54) is 13.1 Å². The Kier molecular flexibility index (Phi) is 4.32. The molecule has 2 amide bonds. The predicted octanol–water partition coefficient (Wildman–Crippen LogP) is 2.95. The van der Waals surface area contributed by atoms with Crippen LogP contribution in [0.2, 0.25) is 5.02 Å². The number of anilines is 2. The van der Waals surface area contributed by atoms with E-state index in [9.17, 15) is 9.59 Å². The molecule has 1 aromatic carbocycles. The summed E-state index contributed by atoms with van der Waals surface area (Å²) in [6.45, 7) is 1.41. The molecule has 20 heavy (non-hydrogen) atoms. The highest BCUT2D eigenvalue weighted by atomic mass is 35.5. The van der Waals surface area contributed by atoms with Gasteiger partial charge in [0.15, 0.2) is 0 Å². The lowest BCUT2D eigenvalue weighted by molar-refractivity contribution is -0.114. The smallest absolute Gasteiger partial charge is 0.256 e. The number of rotatable bonds is 3. The minimum atomic E-state index is -0.313. The van der Waals surface area contributed by atoms with Crippen LogP contribution in [-0.2, 0) is 4.79 Å². The fourth-order valence-electron chi connectivity index (χ4n) is 1.58. The first-order chi connectivity index (χ1) is 9.54. The van der Waals surface area contributed by atoms with Gasteiger partial charge in [0, 0.05) is 24.4 Å². The topological polar surface area (TPSA) is 71.1 Å². The van der Waals surface area contributed by atoms with E-state index in [1.807, 2.05) is 0 Å². The van der Waals surface area contributed by atoms with E-state index in [0.717, 1.165) is 0 Å². The van der Waals surface area contributed by atoms with Crippen molar-refractivity contribution in [2.75, 3.05) is 10.6 Å².